The molecule has 0 spiro atoms. The molecule has 0 aliphatic heterocycles. The summed E-state index contributed by atoms with van der Waals surface area (Å²) in [4.78, 5) is 10.0. The van der Waals surface area contributed by atoms with Crippen molar-refractivity contribution in [3.05, 3.63) is 58.3 Å². The van der Waals surface area contributed by atoms with Gasteiger partial charge in [0.05, 0.1) is 17.2 Å². The van der Waals surface area contributed by atoms with E-state index in [4.69, 9.17) is 0 Å². The van der Waals surface area contributed by atoms with Gasteiger partial charge in [-0.3, -0.25) is 4.98 Å². The molecule has 1 aromatic carbocycles. The molecule has 4 heteroatoms. The molecule has 0 amide bonds. The maximum atomic E-state index is 4.41. The normalized spacial score (nSPS) is 12.7. The highest BCUT2D eigenvalue weighted by Gasteiger charge is 2.19. The Morgan fingerprint density at radius 3 is 2.95 bits per heavy atom. The number of aryl methyl sites for hydroxylation is 1. The average Bonchev–Trinajstić information content (AvgIpc) is 2.94. The minimum Gasteiger partial charge on any atom is -0.306 e. The van der Waals surface area contributed by atoms with Crippen molar-refractivity contribution in [3.8, 4) is 0 Å². The molecular formula is C17H19N3S. The van der Waals surface area contributed by atoms with Crippen molar-refractivity contribution in [1.29, 1.82) is 0 Å². The number of thiazole rings is 1. The largest absolute Gasteiger partial charge is 0.306 e. The number of aromatic nitrogens is 2. The summed E-state index contributed by atoms with van der Waals surface area (Å²) in [6.45, 7) is 5.25. The summed E-state index contributed by atoms with van der Waals surface area (Å²) in [5.41, 5.74) is 4.31. The first-order valence-corrected chi connectivity index (χ1v) is 8.15. The van der Waals surface area contributed by atoms with Gasteiger partial charge in [0, 0.05) is 22.7 Å². The van der Waals surface area contributed by atoms with Crippen LogP contribution in [0.2, 0.25) is 0 Å². The molecule has 1 unspecified atom stereocenters. The number of hydrogen-bond acceptors (Lipinski definition) is 4. The van der Waals surface area contributed by atoms with Crippen LogP contribution >= 0.6 is 11.3 Å². The number of pyridine rings is 1. The Hall–Kier alpha value is -1.78. The molecule has 0 radical (unpaired) electrons. The third kappa shape index (κ3) is 2.82. The van der Waals surface area contributed by atoms with Crippen molar-refractivity contribution in [1.82, 2.24) is 15.3 Å². The van der Waals surface area contributed by atoms with Crippen LogP contribution in [0.25, 0.3) is 10.8 Å². The van der Waals surface area contributed by atoms with Crippen molar-refractivity contribution in [3.63, 3.8) is 0 Å². The highest BCUT2D eigenvalue weighted by Crippen LogP contribution is 2.32. The molecule has 108 valence electrons. The SMILES string of the molecule is CCCNC(c1scnc1C)c1cccc2ccncc12. The molecule has 3 rings (SSSR count). The van der Waals surface area contributed by atoms with E-state index < -0.39 is 0 Å². The first-order chi connectivity index (χ1) is 10.3. The molecule has 0 bridgehead atoms. The Kier molecular flexibility index (Phi) is 4.27. The van der Waals surface area contributed by atoms with Gasteiger partial charge >= 0.3 is 0 Å². The fraction of sp³-hybridized carbons (Fsp3) is 0.294. The quantitative estimate of drug-likeness (QED) is 0.771. The van der Waals surface area contributed by atoms with Gasteiger partial charge in [-0.2, -0.15) is 0 Å². The van der Waals surface area contributed by atoms with Crippen LogP contribution in [-0.4, -0.2) is 16.5 Å². The van der Waals surface area contributed by atoms with Crippen LogP contribution in [0.15, 0.2) is 42.2 Å². The van der Waals surface area contributed by atoms with E-state index in [0.29, 0.717) is 0 Å². The number of nitrogens with zero attached hydrogens (tertiary/aromatic N) is 2. The van der Waals surface area contributed by atoms with Crippen LogP contribution < -0.4 is 5.32 Å². The molecule has 0 saturated heterocycles. The predicted octanol–water partition coefficient (Wildman–Crippen LogP) is 4.09. The smallest absolute Gasteiger partial charge is 0.0798 e. The van der Waals surface area contributed by atoms with Gasteiger partial charge in [0.25, 0.3) is 0 Å². The van der Waals surface area contributed by atoms with Crippen molar-refractivity contribution in [2.24, 2.45) is 0 Å². The molecule has 0 fully saturated rings. The van der Waals surface area contributed by atoms with E-state index in [-0.39, 0.29) is 6.04 Å². The van der Waals surface area contributed by atoms with E-state index in [1.54, 1.807) is 11.3 Å². The number of fused-ring (bicyclic) bond motifs is 1. The molecule has 2 heterocycles. The van der Waals surface area contributed by atoms with E-state index >= 15 is 0 Å². The Morgan fingerprint density at radius 2 is 2.19 bits per heavy atom. The van der Waals surface area contributed by atoms with Gasteiger partial charge in [-0.1, -0.05) is 25.1 Å². The predicted molar refractivity (Wildman–Crippen MR) is 88.7 cm³/mol. The molecule has 0 aliphatic rings. The summed E-state index contributed by atoms with van der Waals surface area (Å²) in [6.07, 6.45) is 4.91. The summed E-state index contributed by atoms with van der Waals surface area (Å²) in [6, 6.07) is 8.70. The van der Waals surface area contributed by atoms with Gasteiger partial charge in [0.1, 0.15) is 0 Å². The molecule has 0 saturated carbocycles. The number of hydrogen-bond donors (Lipinski definition) is 1. The maximum absolute atomic E-state index is 4.41. The van der Waals surface area contributed by atoms with Crippen LogP contribution in [0.5, 0.6) is 0 Å². The lowest BCUT2D eigenvalue weighted by Gasteiger charge is -2.20. The Balaban J connectivity index is 2.12. The van der Waals surface area contributed by atoms with Crippen LogP contribution in [0.3, 0.4) is 0 Å². The zero-order valence-electron chi connectivity index (χ0n) is 12.3. The highest BCUT2D eigenvalue weighted by molar-refractivity contribution is 7.09. The van der Waals surface area contributed by atoms with Crippen molar-refractivity contribution >= 4 is 22.1 Å². The third-order valence-electron chi connectivity index (χ3n) is 3.67. The topological polar surface area (TPSA) is 37.8 Å². The number of benzene rings is 1. The molecule has 21 heavy (non-hydrogen) atoms. The second kappa shape index (κ2) is 6.33. The Labute approximate surface area is 129 Å². The molecule has 3 aromatic rings. The molecule has 3 nitrogen and oxygen atoms in total. The van der Waals surface area contributed by atoms with Crippen molar-refractivity contribution in [2.75, 3.05) is 6.54 Å². The summed E-state index contributed by atoms with van der Waals surface area (Å²) >= 11 is 1.72. The molecule has 0 aliphatic carbocycles. The van der Waals surface area contributed by atoms with E-state index in [1.165, 1.54) is 21.2 Å². The van der Waals surface area contributed by atoms with Crippen LogP contribution in [0.1, 0.15) is 35.5 Å². The van der Waals surface area contributed by atoms with E-state index in [2.05, 4.69) is 53.4 Å². The lowest BCUT2D eigenvalue weighted by Crippen LogP contribution is -2.23. The van der Waals surface area contributed by atoms with Gasteiger partial charge in [-0.05, 0) is 36.9 Å². The van der Waals surface area contributed by atoms with Gasteiger partial charge in [0.2, 0.25) is 0 Å². The van der Waals surface area contributed by atoms with Gasteiger partial charge < -0.3 is 5.32 Å². The van der Waals surface area contributed by atoms with Crippen LogP contribution in [0, 0.1) is 6.92 Å². The minimum absolute atomic E-state index is 0.186. The molecular weight excluding hydrogens is 278 g/mol. The van der Waals surface area contributed by atoms with E-state index in [9.17, 15) is 0 Å². The van der Waals surface area contributed by atoms with Crippen molar-refractivity contribution < 1.29 is 0 Å². The van der Waals surface area contributed by atoms with E-state index in [1.807, 2.05) is 17.9 Å². The lowest BCUT2D eigenvalue weighted by atomic mass is 9.98. The third-order valence-corrected chi connectivity index (χ3v) is 4.67. The second-order valence-electron chi connectivity index (χ2n) is 5.13. The minimum atomic E-state index is 0.186. The second-order valence-corrected chi connectivity index (χ2v) is 6.02. The first-order valence-electron chi connectivity index (χ1n) is 7.27. The fourth-order valence-corrected chi connectivity index (χ4v) is 3.50. The lowest BCUT2D eigenvalue weighted by molar-refractivity contribution is 0.605. The Bertz CT molecular complexity index is 730. The number of rotatable bonds is 5. The summed E-state index contributed by atoms with van der Waals surface area (Å²) in [7, 11) is 0. The standard InChI is InChI=1S/C17H19N3S/c1-3-8-19-16(17-12(2)20-11-21-17)14-6-4-5-13-7-9-18-10-15(13)14/h4-7,9-11,16,19H,3,8H2,1-2H3. The fourth-order valence-electron chi connectivity index (χ4n) is 2.61. The van der Waals surface area contributed by atoms with Crippen LogP contribution in [0.4, 0.5) is 0 Å². The van der Waals surface area contributed by atoms with Crippen LogP contribution in [-0.2, 0) is 0 Å². The zero-order chi connectivity index (χ0) is 14.7. The van der Waals surface area contributed by atoms with Crippen molar-refractivity contribution in [2.45, 2.75) is 26.3 Å². The maximum Gasteiger partial charge on any atom is 0.0798 e. The average molecular weight is 297 g/mol. The van der Waals surface area contributed by atoms with Gasteiger partial charge in [-0.25, -0.2) is 4.98 Å². The molecule has 1 N–H and O–H groups in total. The first kappa shape index (κ1) is 14.2. The summed E-state index contributed by atoms with van der Waals surface area (Å²) in [5, 5.41) is 6.10. The van der Waals surface area contributed by atoms with Gasteiger partial charge in [0.15, 0.2) is 0 Å². The number of nitrogens with one attached hydrogen (secondary N) is 1. The highest BCUT2D eigenvalue weighted by atomic mass is 32.1. The monoisotopic (exact) mass is 297 g/mol. The summed E-state index contributed by atoms with van der Waals surface area (Å²) in [5.74, 6) is 0. The van der Waals surface area contributed by atoms with Gasteiger partial charge in [-0.15, -0.1) is 11.3 Å². The zero-order valence-corrected chi connectivity index (χ0v) is 13.2. The summed E-state index contributed by atoms with van der Waals surface area (Å²) < 4.78 is 0. The Morgan fingerprint density at radius 1 is 1.29 bits per heavy atom. The molecule has 2 aromatic heterocycles. The van der Waals surface area contributed by atoms with E-state index in [0.717, 1.165) is 18.7 Å². The molecule has 1 atom stereocenters.